The molecule has 0 aromatic carbocycles. The molecule has 3 amide bonds. The first-order valence-corrected chi connectivity index (χ1v) is 6.34. The first-order valence-electron chi connectivity index (χ1n) is 5.55. The molecule has 0 atom stereocenters. The normalized spacial score (nSPS) is 14.4. The first kappa shape index (κ1) is 13.5. The van der Waals surface area contributed by atoms with Gasteiger partial charge in [0.25, 0.3) is 5.91 Å². The van der Waals surface area contributed by atoms with Crippen molar-refractivity contribution < 1.29 is 14.4 Å². The van der Waals surface area contributed by atoms with Crippen molar-refractivity contribution in [2.75, 3.05) is 0 Å². The lowest BCUT2D eigenvalue weighted by Crippen LogP contribution is -2.52. The first-order chi connectivity index (χ1) is 8.91. The van der Waals surface area contributed by atoms with Gasteiger partial charge in [-0.05, 0) is 28.8 Å². The van der Waals surface area contributed by atoms with Crippen LogP contribution in [-0.2, 0) is 9.59 Å². The van der Waals surface area contributed by atoms with Crippen LogP contribution in [0.25, 0.3) is 0 Å². The van der Waals surface area contributed by atoms with E-state index in [1.54, 1.807) is 0 Å². The Hall–Kier alpha value is -1.90. The van der Waals surface area contributed by atoms with Gasteiger partial charge in [0.2, 0.25) is 11.8 Å². The van der Waals surface area contributed by atoms with E-state index in [1.807, 2.05) is 0 Å². The second kappa shape index (κ2) is 5.00. The van der Waals surface area contributed by atoms with Crippen LogP contribution in [0.5, 0.6) is 0 Å². The predicted molar refractivity (Wildman–Crippen MR) is 67.9 cm³/mol. The van der Waals surface area contributed by atoms with Crippen molar-refractivity contribution in [2.24, 2.45) is 11.5 Å². The minimum absolute atomic E-state index is 0.0643. The van der Waals surface area contributed by atoms with Crippen LogP contribution in [-0.4, -0.2) is 34.0 Å². The molecule has 8 nitrogen and oxygen atoms in total. The number of rotatable bonds is 5. The van der Waals surface area contributed by atoms with E-state index >= 15 is 0 Å². The number of aromatic amines is 1. The van der Waals surface area contributed by atoms with E-state index in [4.69, 9.17) is 11.5 Å². The monoisotopic (exact) mass is 329 g/mol. The van der Waals surface area contributed by atoms with E-state index in [-0.39, 0.29) is 5.69 Å². The molecule has 19 heavy (non-hydrogen) atoms. The molecule has 0 saturated heterocycles. The fraction of sp³-hybridized carbons (Fsp3) is 0.400. The van der Waals surface area contributed by atoms with Crippen LogP contribution in [0.15, 0.2) is 4.47 Å². The number of halogens is 1. The molecule has 1 heterocycles. The lowest BCUT2D eigenvalue weighted by Gasteiger charge is -2.10. The summed E-state index contributed by atoms with van der Waals surface area (Å²) in [6.45, 7) is 0. The number of carbonyl (C=O) groups excluding carboxylic acids is 3. The Labute approximate surface area is 116 Å². The third-order valence-electron chi connectivity index (χ3n) is 2.78. The fourth-order valence-electron chi connectivity index (χ4n) is 1.62. The molecule has 9 heteroatoms. The summed E-state index contributed by atoms with van der Waals surface area (Å²) in [4.78, 5) is 33.9. The number of aromatic nitrogens is 2. The largest absolute Gasteiger partial charge is 0.367 e. The van der Waals surface area contributed by atoms with Crippen LogP contribution in [0, 0.1) is 0 Å². The Bertz CT molecular complexity index is 537. The second-order valence-electron chi connectivity index (χ2n) is 4.29. The van der Waals surface area contributed by atoms with Gasteiger partial charge in [-0.1, -0.05) is 0 Å². The highest BCUT2D eigenvalue weighted by atomic mass is 79.9. The van der Waals surface area contributed by atoms with Crippen molar-refractivity contribution in [3.8, 4) is 0 Å². The highest BCUT2D eigenvalue weighted by Gasteiger charge is 2.32. The quantitative estimate of drug-likeness (QED) is 0.520. The maximum Gasteiger partial charge on any atom is 0.274 e. The number of H-pyrrole nitrogens is 1. The lowest BCUT2D eigenvalue weighted by molar-refractivity contribution is -0.128. The van der Waals surface area contributed by atoms with Gasteiger partial charge in [0.15, 0.2) is 11.7 Å². The third kappa shape index (κ3) is 2.75. The minimum atomic E-state index is -1.56. The summed E-state index contributed by atoms with van der Waals surface area (Å²) in [5.74, 6) is -2.37. The second-order valence-corrected chi connectivity index (χ2v) is 5.08. The van der Waals surface area contributed by atoms with Gasteiger partial charge in [-0.25, -0.2) is 0 Å². The molecule has 1 saturated carbocycles. The van der Waals surface area contributed by atoms with Gasteiger partial charge < -0.3 is 16.8 Å². The number of carbonyl (C=O) groups is 3. The van der Waals surface area contributed by atoms with E-state index in [2.05, 4.69) is 31.4 Å². The maximum absolute atomic E-state index is 11.9. The molecule has 6 N–H and O–H groups in total. The summed E-state index contributed by atoms with van der Waals surface area (Å²) in [6.07, 6.45) is 2.07. The van der Waals surface area contributed by atoms with Crippen LogP contribution < -0.4 is 16.8 Å². The standard InChI is InChI=1S/C10H12BrN5O3/c11-4-5(3-1-2-3)15-16-6(4)10(19)14-7(8(12)17)9(13)18/h3,7H,1-2H2,(H2,12,17)(H2,13,18)(H,14,19)(H,15,16). The Morgan fingerprint density at radius 3 is 2.37 bits per heavy atom. The molecule has 1 aliphatic rings. The van der Waals surface area contributed by atoms with Crippen molar-refractivity contribution in [1.29, 1.82) is 0 Å². The van der Waals surface area contributed by atoms with Gasteiger partial charge in [-0.15, -0.1) is 0 Å². The highest BCUT2D eigenvalue weighted by molar-refractivity contribution is 9.10. The van der Waals surface area contributed by atoms with Crippen LogP contribution in [0.1, 0.15) is 34.9 Å². The van der Waals surface area contributed by atoms with Gasteiger partial charge in [0.1, 0.15) is 0 Å². The highest BCUT2D eigenvalue weighted by Crippen LogP contribution is 2.42. The molecule has 1 fully saturated rings. The van der Waals surface area contributed by atoms with Gasteiger partial charge >= 0.3 is 0 Å². The molecular formula is C10H12BrN5O3. The number of nitrogens with two attached hydrogens (primary N) is 2. The summed E-state index contributed by atoms with van der Waals surface area (Å²) in [6, 6.07) is -1.56. The minimum Gasteiger partial charge on any atom is -0.367 e. The van der Waals surface area contributed by atoms with Gasteiger partial charge in [-0.3, -0.25) is 19.5 Å². The zero-order valence-corrected chi connectivity index (χ0v) is 11.4. The number of nitrogens with zero attached hydrogens (tertiary/aromatic N) is 1. The Morgan fingerprint density at radius 1 is 1.32 bits per heavy atom. The van der Waals surface area contributed by atoms with Crippen molar-refractivity contribution in [3.05, 3.63) is 15.9 Å². The van der Waals surface area contributed by atoms with Crippen LogP contribution in [0.3, 0.4) is 0 Å². The summed E-state index contributed by atoms with van der Waals surface area (Å²) in [5.41, 5.74) is 10.8. The zero-order chi connectivity index (χ0) is 14.2. The van der Waals surface area contributed by atoms with Crippen LogP contribution >= 0.6 is 15.9 Å². The topological polar surface area (TPSA) is 144 Å². The molecule has 1 aromatic heterocycles. The molecule has 1 aliphatic carbocycles. The van der Waals surface area contributed by atoms with Crippen LogP contribution in [0.2, 0.25) is 0 Å². The smallest absolute Gasteiger partial charge is 0.274 e. The molecule has 0 bridgehead atoms. The third-order valence-corrected chi connectivity index (χ3v) is 3.58. The number of nitrogens with one attached hydrogen (secondary N) is 2. The SMILES string of the molecule is NC(=O)C(NC(=O)c1n[nH]c(C2CC2)c1Br)C(N)=O. The van der Waals surface area contributed by atoms with Gasteiger partial charge in [-0.2, -0.15) is 5.10 Å². The number of hydrogen-bond acceptors (Lipinski definition) is 4. The Balaban J connectivity index is 2.15. The predicted octanol–water partition coefficient (Wildman–Crippen LogP) is -0.881. The number of amides is 3. The molecule has 0 aliphatic heterocycles. The molecule has 102 valence electrons. The lowest BCUT2D eigenvalue weighted by atomic mass is 10.2. The van der Waals surface area contributed by atoms with Crippen LogP contribution in [0.4, 0.5) is 0 Å². The van der Waals surface area contributed by atoms with Gasteiger partial charge in [0, 0.05) is 5.92 Å². The molecule has 2 rings (SSSR count). The van der Waals surface area contributed by atoms with E-state index in [9.17, 15) is 14.4 Å². The zero-order valence-electron chi connectivity index (χ0n) is 9.77. The van der Waals surface area contributed by atoms with E-state index < -0.39 is 23.8 Å². The fourth-order valence-corrected chi connectivity index (χ4v) is 2.30. The van der Waals surface area contributed by atoms with Crippen molar-refractivity contribution in [3.63, 3.8) is 0 Å². The van der Waals surface area contributed by atoms with E-state index in [0.29, 0.717) is 10.4 Å². The molecule has 0 unspecified atom stereocenters. The van der Waals surface area contributed by atoms with Crippen molar-refractivity contribution in [2.45, 2.75) is 24.8 Å². The molecule has 1 aromatic rings. The molecular weight excluding hydrogens is 318 g/mol. The summed E-state index contributed by atoms with van der Waals surface area (Å²) >= 11 is 3.27. The van der Waals surface area contributed by atoms with E-state index in [1.165, 1.54) is 0 Å². The van der Waals surface area contributed by atoms with Crippen molar-refractivity contribution in [1.82, 2.24) is 15.5 Å². The average Bonchev–Trinajstić information content (AvgIpc) is 3.09. The van der Waals surface area contributed by atoms with E-state index in [0.717, 1.165) is 18.5 Å². The Morgan fingerprint density at radius 2 is 1.89 bits per heavy atom. The molecule has 0 radical (unpaired) electrons. The summed E-state index contributed by atoms with van der Waals surface area (Å²) in [5, 5.41) is 8.76. The van der Waals surface area contributed by atoms with Gasteiger partial charge in [0.05, 0.1) is 10.2 Å². The summed E-state index contributed by atoms with van der Waals surface area (Å²) in [7, 11) is 0. The maximum atomic E-state index is 11.9. The number of primary amides is 2. The Kier molecular flexibility index (Phi) is 3.56. The molecule has 0 spiro atoms. The average molecular weight is 330 g/mol. The summed E-state index contributed by atoms with van der Waals surface area (Å²) < 4.78 is 0.528. The number of hydrogen-bond donors (Lipinski definition) is 4. The van der Waals surface area contributed by atoms with Crippen molar-refractivity contribution >= 4 is 33.7 Å².